The molecule has 0 aliphatic carbocycles. The van der Waals surface area contributed by atoms with E-state index in [1.807, 2.05) is 0 Å². The molecule has 1 N–H and O–H groups in total. The van der Waals surface area contributed by atoms with E-state index >= 15 is 0 Å². The summed E-state index contributed by atoms with van der Waals surface area (Å²) in [6.07, 6.45) is 2.31. The summed E-state index contributed by atoms with van der Waals surface area (Å²) >= 11 is 6.08. The van der Waals surface area contributed by atoms with E-state index in [0.29, 0.717) is 10.6 Å². The second-order valence-corrected chi connectivity index (χ2v) is 11.7. The van der Waals surface area contributed by atoms with Crippen LogP contribution in [0.5, 0.6) is 5.75 Å². The van der Waals surface area contributed by atoms with Crippen molar-refractivity contribution in [2.75, 3.05) is 23.9 Å². The molecule has 0 fully saturated rings. The fourth-order valence-corrected chi connectivity index (χ4v) is 5.27. The summed E-state index contributed by atoms with van der Waals surface area (Å²) in [6, 6.07) is 9.12. The van der Waals surface area contributed by atoms with Gasteiger partial charge in [0.2, 0.25) is 15.9 Å². The van der Waals surface area contributed by atoms with Crippen LogP contribution in [-0.4, -0.2) is 48.4 Å². The molecule has 176 valence electrons. The van der Waals surface area contributed by atoms with Gasteiger partial charge in [0.15, 0.2) is 9.84 Å². The Bertz CT molecular complexity index is 1180. The van der Waals surface area contributed by atoms with Crippen molar-refractivity contribution in [3.05, 3.63) is 53.1 Å². The number of halogens is 1. The number of nitrogens with one attached hydrogen (secondary N) is 1. The molecule has 0 saturated carbocycles. The molecule has 1 amide bonds. The van der Waals surface area contributed by atoms with E-state index in [0.717, 1.165) is 16.8 Å². The van der Waals surface area contributed by atoms with Crippen LogP contribution >= 0.6 is 11.6 Å². The molecule has 2 aromatic rings. The SMILES string of the molecule is CC[C@@H](C(=O)N[C@H](C)c1ccc(S(C)(=O)=O)cc1)N(c1cc(Cl)ccc1OC)S(C)(=O)=O. The molecule has 2 atom stereocenters. The number of methoxy groups -OCH3 is 1. The molecule has 0 saturated heterocycles. The number of amides is 1. The maximum absolute atomic E-state index is 13.1. The molecule has 0 unspecified atom stereocenters. The number of sulfonamides is 1. The Morgan fingerprint density at radius 1 is 1.09 bits per heavy atom. The Labute approximate surface area is 194 Å². The van der Waals surface area contributed by atoms with Crippen LogP contribution in [0.4, 0.5) is 5.69 Å². The summed E-state index contributed by atoms with van der Waals surface area (Å²) in [5.41, 5.74) is 0.835. The highest BCUT2D eigenvalue weighted by Gasteiger charge is 2.34. The van der Waals surface area contributed by atoms with Gasteiger partial charge in [0, 0.05) is 11.3 Å². The minimum absolute atomic E-state index is 0.162. The van der Waals surface area contributed by atoms with E-state index in [4.69, 9.17) is 16.3 Å². The van der Waals surface area contributed by atoms with Gasteiger partial charge >= 0.3 is 0 Å². The second-order valence-electron chi connectivity index (χ2n) is 7.37. The number of carbonyl (C=O) groups is 1. The van der Waals surface area contributed by atoms with Crippen molar-refractivity contribution >= 4 is 43.1 Å². The molecular weight excluding hydrogens is 476 g/mol. The van der Waals surface area contributed by atoms with Crippen LogP contribution in [-0.2, 0) is 24.7 Å². The lowest BCUT2D eigenvalue weighted by molar-refractivity contribution is -0.122. The molecule has 11 heteroatoms. The summed E-state index contributed by atoms with van der Waals surface area (Å²) in [6.45, 7) is 3.43. The van der Waals surface area contributed by atoms with Crippen LogP contribution in [0.25, 0.3) is 0 Å². The van der Waals surface area contributed by atoms with Crippen LogP contribution in [0, 0.1) is 0 Å². The van der Waals surface area contributed by atoms with Crippen LogP contribution in [0.2, 0.25) is 5.02 Å². The monoisotopic (exact) mass is 502 g/mol. The van der Waals surface area contributed by atoms with Crippen molar-refractivity contribution < 1.29 is 26.4 Å². The lowest BCUT2D eigenvalue weighted by Crippen LogP contribution is -2.49. The number of hydrogen-bond donors (Lipinski definition) is 1. The predicted molar refractivity (Wildman–Crippen MR) is 126 cm³/mol. The van der Waals surface area contributed by atoms with E-state index in [2.05, 4.69) is 5.32 Å². The standard InChI is InChI=1S/C21H27ClN2O6S2/c1-6-18(24(32(5,28)29)19-13-16(22)9-12-20(19)30-3)21(25)23-14(2)15-7-10-17(11-8-15)31(4,26)27/h7-14,18H,6H2,1-5H3,(H,23,25)/t14-,18+/m1/s1. The molecule has 0 bridgehead atoms. The zero-order valence-electron chi connectivity index (χ0n) is 18.5. The molecule has 0 heterocycles. The Morgan fingerprint density at radius 3 is 2.16 bits per heavy atom. The summed E-state index contributed by atoms with van der Waals surface area (Å²) in [5, 5.41) is 3.11. The van der Waals surface area contributed by atoms with Gasteiger partial charge in [-0.05, 0) is 49.2 Å². The molecule has 2 rings (SSSR count). The predicted octanol–water partition coefficient (Wildman–Crippen LogP) is 3.17. The summed E-state index contributed by atoms with van der Waals surface area (Å²) < 4.78 is 55.0. The van der Waals surface area contributed by atoms with Gasteiger partial charge in [-0.3, -0.25) is 9.10 Å². The maximum Gasteiger partial charge on any atom is 0.244 e. The fraction of sp³-hybridized carbons (Fsp3) is 0.381. The molecule has 0 aliphatic heterocycles. The summed E-state index contributed by atoms with van der Waals surface area (Å²) in [4.78, 5) is 13.3. The van der Waals surface area contributed by atoms with Gasteiger partial charge in [0.1, 0.15) is 11.8 Å². The van der Waals surface area contributed by atoms with Gasteiger partial charge in [0.25, 0.3) is 0 Å². The molecular formula is C21H27ClN2O6S2. The third kappa shape index (κ3) is 6.14. The molecule has 8 nitrogen and oxygen atoms in total. The number of rotatable bonds is 9. The van der Waals surface area contributed by atoms with Crippen molar-refractivity contribution in [2.24, 2.45) is 0 Å². The van der Waals surface area contributed by atoms with Crippen molar-refractivity contribution in [3.63, 3.8) is 0 Å². The third-order valence-corrected chi connectivity index (χ3v) is 7.40. The molecule has 0 aromatic heterocycles. The normalized spacial score (nSPS) is 13.8. The van der Waals surface area contributed by atoms with Crippen molar-refractivity contribution in [1.82, 2.24) is 5.32 Å². The average Bonchev–Trinajstić information content (AvgIpc) is 2.70. The number of carbonyl (C=O) groups excluding carboxylic acids is 1. The summed E-state index contributed by atoms with van der Waals surface area (Å²) in [7, 11) is -5.82. The first-order chi connectivity index (χ1) is 14.8. The van der Waals surface area contributed by atoms with Gasteiger partial charge in [0.05, 0.1) is 30.0 Å². The highest BCUT2D eigenvalue weighted by atomic mass is 35.5. The largest absolute Gasteiger partial charge is 0.495 e. The fourth-order valence-electron chi connectivity index (χ4n) is 3.27. The smallest absolute Gasteiger partial charge is 0.244 e. The van der Waals surface area contributed by atoms with Crippen LogP contribution < -0.4 is 14.4 Å². The number of nitrogens with zero attached hydrogens (tertiary/aromatic N) is 1. The Balaban J connectivity index is 2.37. The molecule has 0 spiro atoms. The van der Waals surface area contributed by atoms with E-state index in [1.165, 1.54) is 31.4 Å². The van der Waals surface area contributed by atoms with Crippen LogP contribution in [0.15, 0.2) is 47.4 Å². The van der Waals surface area contributed by atoms with Gasteiger partial charge in [-0.25, -0.2) is 16.8 Å². The zero-order chi connectivity index (χ0) is 24.3. The van der Waals surface area contributed by atoms with Crippen molar-refractivity contribution in [1.29, 1.82) is 0 Å². The Hall–Kier alpha value is -2.30. The van der Waals surface area contributed by atoms with E-state index in [-0.39, 0.29) is 22.8 Å². The van der Waals surface area contributed by atoms with Gasteiger partial charge < -0.3 is 10.1 Å². The minimum Gasteiger partial charge on any atom is -0.495 e. The number of sulfone groups is 1. The number of ether oxygens (including phenoxy) is 1. The zero-order valence-corrected chi connectivity index (χ0v) is 20.9. The van der Waals surface area contributed by atoms with Gasteiger partial charge in [-0.2, -0.15) is 0 Å². The van der Waals surface area contributed by atoms with Gasteiger partial charge in [-0.15, -0.1) is 0 Å². The number of hydrogen-bond acceptors (Lipinski definition) is 6. The van der Waals surface area contributed by atoms with E-state index in [1.54, 1.807) is 32.0 Å². The number of anilines is 1. The lowest BCUT2D eigenvalue weighted by Gasteiger charge is -2.32. The summed E-state index contributed by atoms with van der Waals surface area (Å²) in [5.74, 6) is -0.255. The molecule has 32 heavy (non-hydrogen) atoms. The first kappa shape index (κ1) is 26.0. The Kier molecular flexibility index (Phi) is 8.19. The topological polar surface area (TPSA) is 110 Å². The molecule has 0 radical (unpaired) electrons. The average molecular weight is 503 g/mol. The van der Waals surface area contributed by atoms with Crippen molar-refractivity contribution in [3.8, 4) is 5.75 Å². The molecule has 2 aromatic carbocycles. The van der Waals surface area contributed by atoms with E-state index in [9.17, 15) is 21.6 Å². The van der Waals surface area contributed by atoms with Crippen LogP contribution in [0.3, 0.4) is 0 Å². The highest BCUT2D eigenvalue weighted by molar-refractivity contribution is 7.92. The number of benzene rings is 2. The van der Waals surface area contributed by atoms with Gasteiger partial charge in [-0.1, -0.05) is 30.7 Å². The third-order valence-electron chi connectivity index (χ3n) is 4.88. The Morgan fingerprint density at radius 2 is 1.69 bits per heavy atom. The van der Waals surface area contributed by atoms with E-state index < -0.39 is 37.9 Å². The maximum atomic E-state index is 13.1. The first-order valence-electron chi connectivity index (χ1n) is 9.73. The highest BCUT2D eigenvalue weighted by Crippen LogP contribution is 2.35. The lowest BCUT2D eigenvalue weighted by atomic mass is 10.1. The second kappa shape index (κ2) is 10.1. The quantitative estimate of drug-likeness (QED) is 0.564. The van der Waals surface area contributed by atoms with Crippen LogP contribution in [0.1, 0.15) is 31.9 Å². The van der Waals surface area contributed by atoms with Crippen molar-refractivity contribution in [2.45, 2.75) is 37.2 Å². The first-order valence-corrected chi connectivity index (χ1v) is 13.8. The molecule has 0 aliphatic rings. The minimum atomic E-state index is -3.88.